The molecular formula is C16H30O2. The van der Waals surface area contributed by atoms with Crippen molar-refractivity contribution in [3.8, 4) is 0 Å². The van der Waals surface area contributed by atoms with Gasteiger partial charge in [-0.25, -0.2) is 0 Å². The maximum Gasteiger partial charge on any atom is 0.158 e. The van der Waals surface area contributed by atoms with Crippen LogP contribution in [0.15, 0.2) is 0 Å². The Morgan fingerprint density at radius 2 is 1.56 bits per heavy atom. The zero-order chi connectivity index (χ0) is 13.0. The molecule has 2 aliphatic rings. The second kappa shape index (κ2) is 6.91. The molecule has 3 unspecified atom stereocenters. The molecule has 2 rings (SSSR count). The van der Waals surface area contributed by atoms with Gasteiger partial charge in [-0.3, -0.25) is 0 Å². The summed E-state index contributed by atoms with van der Waals surface area (Å²) in [4.78, 5) is 0. The van der Waals surface area contributed by atoms with Crippen molar-refractivity contribution in [2.75, 3.05) is 0 Å². The Kier molecular flexibility index (Phi) is 5.50. The summed E-state index contributed by atoms with van der Waals surface area (Å²) in [7, 11) is 0. The molecule has 0 aromatic carbocycles. The van der Waals surface area contributed by atoms with Gasteiger partial charge in [-0.15, -0.1) is 0 Å². The maximum absolute atomic E-state index is 6.04. The Morgan fingerprint density at radius 3 is 2.11 bits per heavy atom. The monoisotopic (exact) mass is 254 g/mol. The molecule has 1 aliphatic heterocycles. The van der Waals surface area contributed by atoms with Crippen molar-refractivity contribution in [2.45, 2.75) is 90.6 Å². The molecular weight excluding hydrogens is 224 g/mol. The smallest absolute Gasteiger partial charge is 0.158 e. The van der Waals surface area contributed by atoms with E-state index in [2.05, 4.69) is 20.8 Å². The van der Waals surface area contributed by atoms with Gasteiger partial charge in [0.15, 0.2) is 6.29 Å². The summed E-state index contributed by atoms with van der Waals surface area (Å²) in [5, 5.41) is 0. The van der Waals surface area contributed by atoms with E-state index in [9.17, 15) is 0 Å². The first-order valence-corrected chi connectivity index (χ1v) is 7.96. The predicted molar refractivity (Wildman–Crippen MR) is 74.5 cm³/mol. The topological polar surface area (TPSA) is 18.5 Å². The van der Waals surface area contributed by atoms with Crippen LogP contribution in [-0.4, -0.2) is 18.5 Å². The van der Waals surface area contributed by atoms with E-state index < -0.39 is 0 Å². The lowest BCUT2D eigenvalue weighted by molar-refractivity contribution is -0.0781. The highest BCUT2D eigenvalue weighted by molar-refractivity contribution is 4.82. The lowest BCUT2D eigenvalue weighted by Gasteiger charge is -2.21. The lowest BCUT2D eigenvalue weighted by atomic mass is 9.95. The van der Waals surface area contributed by atoms with Crippen LogP contribution < -0.4 is 0 Å². The molecule has 0 N–H and O–H groups in total. The van der Waals surface area contributed by atoms with Crippen molar-refractivity contribution in [1.82, 2.24) is 0 Å². The minimum absolute atomic E-state index is 0.0900. The summed E-state index contributed by atoms with van der Waals surface area (Å²) in [5.74, 6) is 1.56. The van der Waals surface area contributed by atoms with E-state index >= 15 is 0 Å². The number of hydrogen-bond donors (Lipinski definition) is 0. The number of rotatable bonds is 6. The summed E-state index contributed by atoms with van der Waals surface area (Å²) < 4.78 is 12.1. The highest BCUT2D eigenvalue weighted by atomic mass is 16.7. The van der Waals surface area contributed by atoms with Gasteiger partial charge >= 0.3 is 0 Å². The van der Waals surface area contributed by atoms with Gasteiger partial charge in [0.1, 0.15) is 0 Å². The molecule has 1 aliphatic carbocycles. The fourth-order valence-corrected chi connectivity index (χ4v) is 3.23. The molecule has 18 heavy (non-hydrogen) atoms. The van der Waals surface area contributed by atoms with Crippen LogP contribution in [0.3, 0.4) is 0 Å². The Labute approximate surface area is 112 Å². The van der Waals surface area contributed by atoms with Gasteiger partial charge in [0.25, 0.3) is 0 Å². The standard InChI is InChI=1S/C16H30O2/c1-12(2)7-6-8-13(3)11-16-17-14-9-4-5-10-15(14)18-16/h12-16H,4-11H2,1-3H3/t13?,14-,15?,16?/m1/s1. The molecule has 0 spiro atoms. The second-order valence-electron chi connectivity index (χ2n) is 6.73. The summed E-state index contributed by atoms with van der Waals surface area (Å²) in [6.07, 6.45) is 11.1. The summed E-state index contributed by atoms with van der Waals surface area (Å²) in [6.45, 7) is 6.95. The molecule has 2 heteroatoms. The maximum atomic E-state index is 6.04. The van der Waals surface area contributed by atoms with E-state index in [1.807, 2.05) is 0 Å². The quantitative estimate of drug-likeness (QED) is 0.693. The van der Waals surface area contributed by atoms with Gasteiger partial charge in [0.2, 0.25) is 0 Å². The van der Waals surface area contributed by atoms with E-state index in [-0.39, 0.29) is 6.29 Å². The van der Waals surface area contributed by atoms with Crippen molar-refractivity contribution in [1.29, 1.82) is 0 Å². The van der Waals surface area contributed by atoms with Crippen molar-refractivity contribution in [3.05, 3.63) is 0 Å². The zero-order valence-corrected chi connectivity index (χ0v) is 12.4. The molecule has 0 bridgehead atoms. The summed E-state index contributed by atoms with van der Waals surface area (Å²) >= 11 is 0. The van der Waals surface area contributed by atoms with Crippen LogP contribution in [0.4, 0.5) is 0 Å². The van der Waals surface area contributed by atoms with Crippen LogP contribution in [0.25, 0.3) is 0 Å². The Bertz CT molecular complexity index is 225. The first-order chi connectivity index (χ1) is 8.65. The van der Waals surface area contributed by atoms with E-state index in [0.717, 1.165) is 18.3 Å². The Balaban J connectivity index is 1.64. The first-order valence-electron chi connectivity index (χ1n) is 7.96. The first kappa shape index (κ1) is 14.3. The largest absolute Gasteiger partial charge is 0.347 e. The minimum atomic E-state index is 0.0900. The molecule has 0 aromatic rings. The lowest BCUT2D eigenvalue weighted by Crippen LogP contribution is -2.25. The fourth-order valence-electron chi connectivity index (χ4n) is 3.23. The van der Waals surface area contributed by atoms with Crippen LogP contribution in [0, 0.1) is 11.8 Å². The Hall–Kier alpha value is -0.0800. The van der Waals surface area contributed by atoms with Gasteiger partial charge in [-0.2, -0.15) is 0 Å². The molecule has 4 atom stereocenters. The van der Waals surface area contributed by atoms with Gasteiger partial charge in [0, 0.05) is 6.42 Å². The molecule has 1 saturated carbocycles. The Morgan fingerprint density at radius 1 is 0.944 bits per heavy atom. The molecule has 0 amide bonds. The SMILES string of the molecule is CC(C)CCCC(C)CC1OC2CCCC[C@H]2O1. The summed E-state index contributed by atoms with van der Waals surface area (Å²) in [5.41, 5.74) is 0. The van der Waals surface area contributed by atoms with E-state index in [1.165, 1.54) is 44.9 Å². The average molecular weight is 254 g/mol. The van der Waals surface area contributed by atoms with Crippen LogP contribution in [0.5, 0.6) is 0 Å². The number of fused-ring (bicyclic) bond motifs is 1. The molecule has 0 radical (unpaired) electrons. The second-order valence-corrected chi connectivity index (χ2v) is 6.73. The third-order valence-corrected chi connectivity index (χ3v) is 4.37. The van der Waals surface area contributed by atoms with Gasteiger partial charge in [-0.05, 0) is 24.7 Å². The van der Waals surface area contributed by atoms with E-state index in [0.29, 0.717) is 12.2 Å². The number of ether oxygens (including phenoxy) is 2. The normalized spacial score (nSPS) is 33.7. The highest BCUT2D eigenvalue weighted by Crippen LogP contribution is 2.34. The van der Waals surface area contributed by atoms with Crippen LogP contribution in [0.1, 0.15) is 72.1 Å². The van der Waals surface area contributed by atoms with Crippen molar-refractivity contribution < 1.29 is 9.47 Å². The van der Waals surface area contributed by atoms with Crippen molar-refractivity contribution in [2.24, 2.45) is 11.8 Å². The molecule has 1 heterocycles. The summed E-state index contributed by atoms with van der Waals surface area (Å²) in [6, 6.07) is 0. The fraction of sp³-hybridized carbons (Fsp3) is 1.00. The average Bonchev–Trinajstić information content (AvgIpc) is 2.70. The van der Waals surface area contributed by atoms with E-state index in [4.69, 9.17) is 9.47 Å². The third kappa shape index (κ3) is 4.24. The third-order valence-electron chi connectivity index (χ3n) is 4.37. The van der Waals surface area contributed by atoms with Crippen LogP contribution in [0.2, 0.25) is 0 Å². The van der Waals surface area contributed by atoms with Crippen molar-refractivity contribution in [3.63, 3.8) is 0 Å². The van der Waals surface area contributed by atoms with Gasteiger partial charge in [-0.1, -0.05) is 52.9 Å². The molecule has 1 saturated heterocycles. The van der Waals surface area contributed by atoms with Crippen molar-refractivity contribution >= 4 is 0 Å². The van der Waals surface area contributed by atoms with Crippen LogP contribution in [-0.2, 0) is 9.47 Å². The number of hydrogen-bond acceptors (Lipinski definition) is 2. The molecule has 2 fully saturated rings. The van der Waals surface area contributed by atoms with Gasteiger partial charge < -0.3 is 9.47 Å². The predicted octanol–water partition coefficient (Wildman–Crippen LogP) is 4.52. The van der Waals surface area contributed by atoms with Gasteiger partial charge in [0.05, 0.1) is 12.2 Å². The zero-order valence-electron chi connectivity index (χ0n) is 12.4. The minimum Gasteiger partial charge on any atom is -0.347 e. The molecule has 106 valence electrons. The molecule has 2 nitrogen and oxygen atoms in total. The van der Waals surface area contributed by atoms with E-state index in [1.54, 1.807) is 0 Å². The molecule has 0 aromatic heterocycles. The van der Waals surface area contributed by atoms with Crippen LogP contribution >= 0.6 is 0 Å². The highest BCUT2D eigenvalue weighted by Gasteiger charge is 2.37.